The molecule has 0 bridgehead atoms. The number of aryl methyl sites for hydroxylation is 2. The molecule has 0 aliphatic rings. The Labute approximate surface area is 195 Å². The second-order valence-corrected chi connectivity index (χ2v) is 11.4. The number of halogens is 12. The standard InChI is InChI=1S/C20H18N2.2F6P/c1-21-17-9-5-3-7-15(17)11-13-19(21)20-14-12-16-8-4-6-10-18(16)22(20)2;2*1-7(2,3,4,5)6/h3-14H,1-2H3;;/q+2;2*-1. The molecule has 0 saturated heterocycles. The van der Waals surface area contributed by atoms with E-state index >= 15 is 0 Å². The first-order chi connectivity index (χ1) is 15.7. The van der Waals surface area contributed by atoms with Gasteiger partial charge in [0, 0.05) is 35.0 Å². The van der Waals surface area contributed by atoms with Crippen LogP contribution in [-0.4, -0.2) is 0 Å². The number of rotatable bonds is 1. The van der Waals surface area contributed by atoms with E-state index in [0.717, 1.165) is 0 Å². The molecule has 0 radical (unpaired) electrons. The summed E-state index contributed by atoms with van der Waals surface area (Å²) in [6.07, 6.45) is 0. The third-order valence-corrected chi connectivity index (χ3v) is 4.42. The monoisotopic (exact) mass is 576 g/mol. The zero-order valence-electron chi connectivity index (χ0n) is 18.3. The first-order valence-electron chi connectivity index (χ1n) is 9.54. The molecule has 0 saturated carbocycles. The Balaban J connectivity index is 0.000000271. The quantitative estimate of drug-likeness (QED) is 0.121. The third-order valence-electron chi connectivity index (χ3n) is 4.42. The molecule has 0 unspecified atom stereocenters. The Morgan fingerprint density at radius 2 is 0.667 bits per heavy atom. The van der Waals surface area contributed by atoms with E-state index in [1.54, 1.807) is 0 Å². The van der Waals surface area contributed by atoms with Crippen LogP contribution in [0, 0.1) is 0 Å². The van der Waals surface area contributed by atoms with E-state index in [1.165, 1.54) is 33.2 Å². The van der Waals surface area contributed by atoms with Gasteiger partial charge in [0.1, 0.15) is 14.1 Å². The molecule has 4 rings (SSSR count). The Morgan fingerprint density at radius 3 is 0.944 bits per heavy atom. The number of nitrogens with zero attached hydrogens (tertiary/aromatic N) is 2. The van der Waals surface area contributed by atoms with Crippen molar-refractivity contribution in [3.05, 3.63) is 72.8 Å². The molecule has 202 valence electrons. The topological polar surface area (TPSA) is 7.76 Å². The van der Waals surface area contributed by atoms with Crippen molar-refractivity contribution < 1.29 is 59.5 Å². The van der Waals surface area contributed by atoms with Gasteiger partial charge in [-0.3, -0.25) is 0 Å². The van der Waals surface area contributed by atoms with E-state index < -0.39 is 15.6 Å². The van der Waals surface area contributed by atoms with Gasteiger partial charge in [0.25, 0.3) is 11.4 Å². The zero-order chi connectivity index (χ0) is 27.9. The molecular formula is C20H18F12N2P2. The van der Waals surface area contributed by atoms with Crippen molar-refractivity contribution in [3.63, 3.8) is 0 Å². The van der Waals surface area contributed by atoms with Crippen molar-refractivity contribution in [2.75, 3.05) is 0 Å². The van der Waals surface area contributed by atoms with Crippen LogP contribution in [0.1, 0.15) is 0 Å². The molecular weight excluding hydrogens is 558 g/mol. The molecule has 0 atom stereocenters. The summed E-state index contributed by atoms with van der Waals surface area (Å²) >= 11 is 0. The van der Waals surface area contributed by atoms with Crippen LogP contribution in [-0.2, 0) is 14.1 Å². The SMILES string of the molecule is C[n+]1c(-c2ccc3ccccc3[n+]2C)ccc2ccccc21.F[P-](F)(F)(F)(F)F.F[P-](F)(F)(F)(F)F. The van der Waals surface area contributed by atoms with Crippen LogP contribution in [0.2, 0.25) is 0 Å². The Kier molecular flexibility index (Phi) is 6.47. The molecule has 0 aliphatic heterocycles. The summed E-state index contributed by atoms with van der Waals surface area (Å²) in [7, 11) is -17.1. The molecule has 0 aliphatic carbocycles. The van der Waals surface area contributed by atoms with Gasteiger partial charge in [0.2, 0.25) is 11.0 Å². The van der Waals surface area contributed by atoms with Gasteiger partial charge in [-0.25, -0.2) is 0 Å². The van der Waals surface area contributed by atoms with E-state index in [-0.39, 0.29) is 0 Å². The average molecular weight is 576 g/mol. The van der Waals surface area contributed by atoms with Crippen molar-refractivity contribution in [2.45, 2.75) is 0 Å². The fourth-order valence-electron chi connectivity index (χ4n) is 3.20. The third kappa shape index (κ3) is 11.8. The molecule has 2 aromatic heterocycles. The zero-order valence-corrected chi connectivity index (χ0v) is 20.0. The molecule has 2 nitrogen and oxygen atoms in total. The van der Waals surface area contributed by atoms with E-state index in [2.05, 4.69) is 96.0 Å². The number of pyridine rings is 2. The summed E-state index contributed by atoms with van der Waals surface area (Å²) in [6.45, 7) is 0. The van der Waals surface area contributed by atoms with Gasteiger partial charge in [-0.2, -0.15) is 9.13 Å². The Morgan fingerprint density at radius 1 is 0.417 bits per heavy atom. The Bertz CT molecular complexity index is 1300. The number of aromatic nitrogens is 2. The second kappa shape index (κ2) is 7.89. The summed E-state index contributed by atoms with van der Waals surface area (Å²) in [5.41, 5.74) is 4.92. The molecule has 0 amide bonds. The molecule has 36 heavy (non-hydrogen) atoms. The second-order valence-electron chi connectivity index (χ2n) is 7.59. The molecule has 2 aromatic carbocycles. The fourth-order valence-corrected chi connectivity index (χ4v) is 3.20. The van der Waals surface area contributed by atoms with E-state index in [1.807, 2.05) is 0 Å². The normalized spacial score (nSPS) is 15.8. The minimum atomic E-state index is -10.7. The minimum absolute atomic E-state index is 1.21. The maximum atomic E-state index is 9.87. The summed E-state index contributed by atoms with van der Waals surface area (Å²) in [6, 6.07) is 25.8. The summed E-state index contributed by atoms with van der Waals surface area (Å²) in [4.78, 5) is 0. The molecule has 16 heteroatoms. The predicted octanol–water partition coefficient (Wildman–Crippen LogP) is 10.1. The van der Waals surface area contributed by atoms with Crippen molar-refractivity contribution in [2.24, 2.45) is 14.1 Å². The van der Waals surface area contributed by atoms with Gasteiger partial charge in [-0.05, 0) is 24.3 Å². The first-order valence-corrected chi connectivity index (χ1v) is 13.6. The van der Waals surface area contributed by atoms with Gasteiger partial charge >= 0.3 is 66.0 Å². The average Bonchev–Trinajstić information content (AvgIpc) is 2.65. The van der Waals surface area contributed by atoms with Gasteiger partial charge in [0.15, 0.2) is 0 Å². The van der Waals surface area contributed by atoms with E-state index in [9.17, 15) is 50.4 Å². The summed E-state index contributed by atoms with van der Waals surface area (Å²) in [5, 5.41) is 2.52. The van der Waals surface area contributed by atoms with Crippen LogP contribution in [0.15, 0.2) is 72.8 Å². The first kappa shape index (κ1) is 29.5. The van der Waals surface area contributed by atoms with Gasteiger partial charge in [0.05, 0.1) is 0 Å². The summed E-state index contributed by atoms with van der Waals surface area (Å²) < 4.78 is 123. The van der Waals surface area contributed by atoms with Crippen LogP contribution in [0.25, 0.3) is 33.2 Å². The van der Waals surface area contributed by atoms with Gasteiger partial charge < -0.3 is 0 Å². The molecule has 4 aromatic rings. The molecule has 2 heterocycles. The fraction of sp³-hybridized carbons (Fsp3) is 0.100. The van der Waals surface area contributed by atoms with Crippen molar-refractivity contribution >= 4 is 37.4 Å². The maximum absolute atomic E-state index is 10.7. The predicted molar refractivity (Wildman–Crippen MR) is 116 cm³/mol. The number of benzene rings is 2. The molecule has 0 spiro atoms. The van der Waals surface area contributed by atoms with Crippen LogP contribution in [0.3, 0.4) is 0 Å². The van der Waals surface area contributed by atoms with E-state index in [4.69, 9.17) is 0 Å². The molecule has 0 N–H and O–H groups in total. The van der Waals surface area contributed by atoms with Gasteiger partial charge in [-0.1, -0.05) is 24.3 Å². The van der Waals surface area contributed by atoms with E-state index in [0.29, 0.717) is 0 Å². The van der Waals surface area contributed by atoms with Crippen LogP contribution in [0.4, 0.5) is 50.4 Å². The summed E-state index contributed by atoms with van der Waals surface area (Å²) in [5.74, 6) is 0. The van der Waals surface area contributed by atoms with Crippen LogP contribution in [0.5, 0.6) is 0 Å². The molecule has 0 fully saturated rings. The van der Waals surface area contributed by atoms with Crippen molar-refractivity contribution in [1.29, 1.82) is 0 Å². The number of fused-ring (bicyclic) bond motifs is 2. The number of hydrogen-bond acceptors (Lipinski definition) is 0. The van der Waals surface area contributed by atoms with Crippen LogP contribution < -0.4 is 9.13 Å². The van der Waals surface area contributed by atoms with Gasteiger partial charge in [-0.15, -0.1) is 0 Å². The number of para-hydroxylation sites is 2. The van der Waals surface area contributed by atoms with Crippen molar-refractivity contribution in [3.8, 4) is 11.4 Å². The van der Waals surface area contributed by atoms with Crippen LogP contribution >= 0.6 is 15.6 Å². The number of hydrogen-bond donors (Lipinski definition) is 0. The Hall–Kier alpha value is -2.72. The van der Waals surface area contributed by atoms with Crippen molar-refractivity contribution in [1.82, 2.24) is 0 Å².